The highest BCUT2D eigenvalue weighted by atomic mass is 16.5. The van der Waals surface area contributed by atoms with Crippen LogP contribution >= 0.6 is 0 Å². The van der Waals surface area contributed by atoms with Crippen molar-refractivity contribution in [2.24, 2.45) is 17.3 Å². The molecule has 2 aromatic carbocycles. The molecule has 0 aliphatic heterocycles. The van der Waals surface area contributed by atoms with Gasteiger partial charge in [0.05, 0.1) is 25.4 Å². The van der Waals surface area contributed by atoms with Gasteiger partial charge in [-0.2, -0.15) is 0 Å². The third-order valence-corrected chi connectivity index (χ3v) is 8.77. The quantitative estimate of drug-likeness (QED) is 0.500. The Morgan fingerprint density at radius 1 is 1.03 bits per heavy atom. The molecule has 0 spiro atoms. The van der Waals surface area contributed by atoms with Crippen molar-refractivity contribution in [2.75, 3.05) is 7.11 Å². The van der Waals surface area contributed by atoms with Crippen LogP contribution in [0.15, 0.2) is 48.5 Å². The average Bonchev–Trinajstić information content (AvgIpc) is 2.77. The Labute approximate surface area is 200 Å². The summed E-state index contributed by atoms with van der Waals surface area (Å²) in [5.74, 6) is 1.98. The molecule has 1 N–H and O–H groups in total. The number of hydrogen-bond donors (Lipinski definition) is 1. The molecule has 0 bridgehead atoms. The van der Waals surface area contributed by atoms with Gasteiger partial charge in [0.15, 0.2) is 0 Å². The van der Waals surface area contributed by atoms with E-state index in [9.17, 15) is 5.11 Å². The Bertz CT molecular complexity index is 935. The molecule has 0 aromatic heterocycles. The first kappa shape index (κ1) is 24.3. The van der Waals surface area contributed by atoms with E-state index in [1.807, 2.05) is 6.92 Å². The van der Waals surface area contributed by atoms with Crippen molar-refractivity contribution in [3.63, 3.8) is 0 Å². The second-order valence-electron chi connectivity index (χ2n) is 11.4. The first-order chi connectivity index (χ1) is 15.7. The molecule has 0 unspecified atom stereocenters. The zero-order valence-electron chi connectivity index (χ0n) is 21.3. The Balaban J connectivity index is 1.67. The minimum atomic E-state index is -0.356. The van der Waals surface area contributed by atoms with Crippen LogP contribution in [-0.4, -0.2) is 24.4 Å². The fraction of sp³-hybridized carbons (Fsp3) is 0.600. The van der Waals surface area contributed by atoms with Crippen molar-refractivity contribution in [3.05, 3.63) is 65.2 Å². The van der Waals surface area contributed by atoms with E-state index in [2.05, 4.69) is 76.2 Å². The maximum atomic E-state index is 9.95. The summed E-state index contributed by atoms with van der Waals surface area (Å²) in [5.41, 5.74) is 4.54. The first-order valence-electron chi connectivity index (χ1n) is 12.7. The predicted octanol–water partition coefficient (Wildman–Crippen LogP) is 6.87. The SMILES string of the molecule is COc1ccc2c(c1)CC[C@H]1C(C)(C)[C@@H]([C@@H](O[C@H](C)C[C@@H](C)O)c3ccccc3)CC[C@]21C. The summed E-state index contributed by atoms with van der Waals surface area (Å²) < 4.78 is 12.3. The molecule has 0 saturated heterocycles. The molecule has 3 nitrogen and oxygen atoms in total. The Morgan fingerprint density at radius 2 is 1.76 bits per heavy atom. The standard InChI is InChI=1S/C30H42O3/c1-20(31)18-21(2)33-28(22-10-8-7-9-11-22)26-16-17-30(5)25-14-13-24(32-6)19-23(25)12-15-27(30)29(26,3)4/h7-11,13-14,19-21,26-28,31H,12,15-18H2,1-6H3/t20-,21-,26-,27+,28+,30-/m1/s1. The van der Waals surface area contributed by atoms with Crippen molar-refractivity contribution in [3.8, 4) is 5.75 Å². The largest absolute Gasteiger partial charge is 0.497 e. The van der Waals surface area contributed by atoms with E-state index in [-0.39, 0.29) is 29.1 Å². The van der Waals surface area contributed by atoms with Crippen LogP contribution in [0.5, 0.6) is 5.75 Å². The lowest BCUT2D eigenvalue weighted by Gasteiger charge is -2.59. The maximum absolute atomic E-state index is 9.95. The minimum Gasteiger partial charge on any atom is -0.497 e. The predicted molar refractivity (Wildman–Crippen MR) is 135 cm³/mol. The summed E-state index contributed by atoms with van der Waals surface area (Å²) in [6.07, 6.45) is 4.96. The molecular weight excluding hydrogens is 408 g/mol. The van der Waals surface area contributed by atoms with Gasteiger partial charge in [0.2, 0.25) is 0 Å². The lowest BCUT2D eigenvalue weighted by atomic mass is 9.46. The number of aliphatic hydroxyl groups is 1. The van der Waals surface area contributed by atoms with Crippen molar-refractivity contribution < 1.29 is 14.6 Å². The van der Waals surface area contributed by atoms with Gasteiger partial charge in [-0.15, -0.1) is 0 Å². The van der Waals surface area contributed by atoms with E-state index in [0.29, 0.717) is 18.3 Å². The number of fused-ring (bicyclic) bond motifs is 3. The molecular formula is C30H42O3. The number of ether oxygens (including phenoxy) is 2. The van der Waals surface area contributed by atoms with Crippen LogP contribution in [0, 0.1) is 17.3 Å². The molecule has 180 valence electrons. The van der Waals surface area contributed by atoms with E-state index in [4.69, 9.17) is 9.47 Å². The fourth-order valence-electron chi connectivity index (χ4n) is 7.23. The van der Waals surface area contributed by atoms with Crippen LogP contribution in [0.2, 0.25) is 0 Å². The molecule has 1 fully saturated rings. The summed E-state index contributed by atoms with van der Waals surface area (Å²) >= 11 is 0. The van der Waals surface area contributed by atoms with Crippen molar-refractivity contribution in [2.45, 2.75) is 90.4 Å². The minimum absolute atomic E-state index is 0.0128. The fourth-order valence-corrected chi connectivity index (χ4v) is 7.23. The Morgan fingerprint density at radius 3 is 2.42 bits per heavy atom. The van der Waals surface area contributed by atoms with Gasteiger partial charge in [-0.1, -0.05) is 57.2 Å². The van der Waals surface area contributed by atoms with Crippen LogP contribution in [0.3, 0.4) is 0 Å². The summed E-state index contributed by atoms with van der Waals surface area (Å²) in [4.78, 5) is 0. The van der Waals surface area contributed by atoms with Crippen LogP contribution in [0.25, 0.3) is 0 Å². The maximum Gasteiger partial charge on any atom is 0.119 e. The molecule has 33 heavy (non-hydrogen) atoms. The molecule has 2 aliphatic rings. The van der Waals surface area contributed by atoms with Crippen molar-refractivity contribution >= 4 is 0 Å². The highest BCUT2D eigenvalue weighted by molar-refractivity contribution is 5.43. The highest BCUT2D eigenvalue weighted by Crippen LogP contribution is 2.62. The monoisotopic (exact) mass is 450 g/mol. The molecule has 2 aliphatic carbocycles. The topological polar surface area (TPSA) is 38.7 Å². The molecule has 2 aromatic rings. The third-order valence-electron chi connectivity index (χ3n) is 8.77. The summed E-state index contributed by atoms with van der Waals surface area (Å²) in [7, 11) is 1.76. The van der Waals surface area contributed by atoms with Crippen LogP contribution in [0.4, 0.5) is 0 Å². The van der Waals surface area contributed by atoms with Gasteiger partial charge in [-0.25, -0.2) is 0 Å². The van der Waals surface area contributed by atoms with Gasteiger partial charge in [-0.3, -0.25) is 0 Å². The van der Waals surface area contributed by atoms with E-state index in [0.717, 1.165) is 18.6 Å². The van der Waals surface area contributed by atoms with E-state index in [1.54, 1.807) is 7.11 Å². The highest BCUT2D eigenvalue weighted by Gasteiger charge is 2.55. The van der Waals surface area contributed by atoms with E-state index < -0.39 is 0 Å². The third kappa shape index (κ3) is 4.59. The number of benzene rings is 2. The lowest BCUT2D eigenvalue weighted by molar-refractivity contribution is -0.123. The van der Waals surface area contributed by atoms with Gasteiger partial charge in [0, 0.05) is 0 Å². The summed E-state index contributed by atoms with van der Waals surface area (Å²) in [6, 6.07) is 17.5. The zero-order valence-corrected chi connectivity index (χ0v) is 21.3. The van der Waals surface area contributed by atoms with E-state index in [1.165, 1.54) is 29.5 Å². The molecule has 0 radical (unpaired) electrons. The van der Waals surface area contributed by atoms with Crippen LogP contribution < -0.4 is 4.74 Å². The summed E-state index contributed by atoms with van der Waals surface area (Å²) in [5, 5.41) is 9.95. The van der Waals surface area contributed by atoms with Gasteiger partial charge in [-0.05, 0) is 97.4 Å². The molecule has 1 saturated carbocycles. The van der Waals surface area contributed by atoms with E-state index >= 15 is 0 Å². The average molecular weight is 451 g/mol. The molecule has 0 amide bonds. The van der Waals surface area contributed by atoms with Crippen LogP contribution in [-0.2, 0) is 16.6 Å². The van der Waals surface area contributed by atoms with Gasteiger partial charge >= 0.3 is 0 Å². The lowest BCUT2D eigenvalue weighted by Crippen LogP contribution is -2.53. The van der Waals surface area contributed by atoms with Gasteiger partial charge in [0.25, 0.3) is 0 Å². The number of aryl methyl sites for hydroxylation is 1. The zero-order chi connectivity index (χ0) is 23.8. The first-order valence-corrected chi connectivity index (χ1v) is 12.7. The Kier molecular flexibility index (Phi) is 6.94. The van der Waals surface area contributed by atoms with Gasteiger partial charge in [0.1, 0.15) is 5.75 Å². The normalized spacial score (nSPS) is 28.8. The smallest absolute Gasteiger partial charge is 0.119 e. The molecule has 0 heterocycles. The molecule has 3 heteroatoms. The molecule has 6 atom stereocenters. The van der Waals surface area contributed by atoms with Crippen LogP contribution in [0.1, 0.15) is 83.1 Å². The Hall–Kier alpha value is -1.84. The molecule has 4 rings (SSSR count). The van der Waals surface area contributed by atoms with Gasteiger partial charge < -0.3 is 14.6 Å². The van der Waals surface area contributed by atoms with Crippen molar-refractivity contribution in [1.29, 1.82) is 0 Å². The number of methoxy groups -OCH3 is 1. The summed E-state index contributed by atoms with van der Waals surface area (Å²) in [6.45, 7) is 11.4. The van der Waals surface area contributed by atoms with Crippen molar-refractivity contribution in [1.82, 2.24) is 0 Å². The number of rotatable bonds is 7. The number of aliphatic hydroxyl groups excluding tert-OH is 1. The number of hydrogen-bond acceptors (Lipinski definition) is 3. The second-order valence-corrected chi connectivity index (χ2v) is 11.4. The second kappa shape index (κ2) is 9.43.